The second kappa shape index (κ2) is 19.4. The normalized spacial score (nSPS) is 30.3. The summed E-state index contributed by atoms with van der Waals surface area (Å²) in [6.45, 7) is 11.5. The van der Waals surface area contributed by atoms with Crippen LogP contribution in [0.3, 0.4) is 0 Å². The lowest BCUT2D eigenvalue weighted by molar-refractivity contribution is -0.156. The van der Waals surface area contributed by atoms with Gasteiger partial charge in [0.25, 0.3) is 5.91 Å². The molecule has 0 saturated carbocycles. The molecule has 3 rings (SSSR count). The van der Waals surface area contributed by atoms with Crippen LogP contribution in [0.1, 0.15) is 79.2 Å². The molecule has 2 bridgehead atoms. The number of cyclic esters (lactones) is 1. The Hall–Kier alpha value is -4.00. The highest BCUT2D eigenvalue weighted by atomic mass is 16.5. The number of fused-ring (bicyclic) bond motifs is 2. The third-order valence-corrected chi connectivity index (χ3v) is 9.37. The van der Waals surface area contributed by atoms with Gasteiger partial charge in [-0.2, -0.15) is 0 Å². The fraction of sp³-hybridized carbons (Fsp3) is 0.579. The van der Waals surface area contributed by atoms with E-state index in [1.54, 1.807) is 45.1 Å². The molecule has 1 aromatic carbocycles. The SMILES string of the molecule is CCC(C)/C=C(\C)[C@@H]1C/C=C/C=C/[C@@H](O)C(C)[C@@H](O)CC(=O)NC(C(C)C)C(=O)N[C@@H](Cc2cccc(O)c2)C(=O)N2CCC[C@H](N2)C(=O)O1. The molecular formula is C38H56N4O8. The Bertz CT molecular complexity index is 1410. The number of ether oxygens (including phenoxy) is 1. The molecule has 2 aliphatic heterocycles. The van der Waals surface area contributed by atoms with Crippen molar-refractivity contribution in [3.05, 3.63) is 65.8 Å². The summed E-state index contributed by atoms with van der Waals surface area (Å²) >= 11 is 0. The maximum Gasteiger partial charge on any atom is 0.325 e. The van der Waals surface area contributed by atoms with Gasteiger partial charge in [0, 0.05) is 25.3 Å². The van der Waals surface area contributed by atoms with E-state index in [2.05, 4.69) is 36.0 Å². The Morgan fingerprint density at radius 1 is 1.10 bits per heavy atom. The van der Waals surface area contributed by atoms with Crippen molar-refractivity contribution in [2.75, 3.05) is 6.54 Å². The number of carbonyl (C=O) groups excluding carboxylic acids is 4. The van der Waals surface area contributed by atoms with Crippen molar-refractivity contribution in [3.8, 4) is 5.75 Å². The van der Waals surface area contributed by atoms with Crippen molar-refractivity contribution < 1.29 is 39.2 Å². The zero-order valence-corrected chi connectivity index (χ0v) is 30.2. The van der Waals surface area contributed by atoms with E-state index in [1.807, 2.05) is 13.0 Å². The first kappa shape index (κ1) is 40.4. The van der Waals surface area contributed by atoms with Crippen LogP contribution in [-0.2, 0) is 30.3 Å². The number of aliphatic hydroxyl groups is 2. The van der Waals surface area contributed by atoms with Crippen molar-refractivity contribution in [1.29, 1.82) is 0 Å². The number of phenolic OH excluding ortho intramolecular Hbond substituents is 1. The summed E-state index contributed by atoms with van der Waals surface area (Å²) in [4.78, 5) is 54.4. The molecule has 1 fully saturated rings. The van der Waals surface area contributed by atoms with Gasteiger partial charge in [-0.25, -0.2) is 5.43 Å². The Kier molecular flexibility index (Phi) is 15.7. The number of carbonyl (C=O) groups is 4. The number of aliphatic hydroxyl groups excluding tert-OH is 2. The molecular weight excluding hydrogens is 640 g/mol. The van der Waals surface area contributed by atoms with Crippen LogP contribution < -0.4 is 16.1 Å². The summed E-state index contributed by atoms with van der Waals surface area (Å²) in [6, 6.07) is 3.40. The molecule has 3 amide bonds. The third-order valence-electron chi connectivity index (χ3n) is 9.37. The molecule has 12 heteroatoms. The summed E-state index contributed by atoms with van der Waals surface area (Å²) in [5.41, 5.74) is 4.52. The highest BCUT2D eigenvalue weighted by Crippen LogP contribution is 2.21. The minimum atomic E-state index is -1.21. The molecule has 3 unspecified atom stereocenters. The first-order chi connectivity index (χ1) is 23.7. The number of hydrazine groups is 1. The van der Waals surface area contributed by atoms with Gasteiger partial charge < -0.3 is 30.7 Å². The molecule has 1 saturated heterocycles. The van der Waals surface area contributed by atoms with E-state index in [-0.39, 0.29) is 37.0 Å². The van der Waals surface area contributed by atoms with Gasteiger partial charge in [0.15, 0.2) is 0 Å². The van der Waals surface area contributed by atoms with Crippen LogP contribution in [0.5, 0.6) is 5.75 Å². The largest absolute Gasteiger partial charge is 0.508 e. The van der Waals surface area contributed by atoms with Crippen molar-refractivity contribution in [3.63, 3.8) is 0 Å². The molecule has 2 aliphatic rings. The second-order valence-electron chi connectivity index (χ2n) is 13.9. The number of benzene rings is 1. The topological polar surface area (TPSA) is 178 Å². The van der Waals surface area contributed by atoms with Gasteiger partial charge in [-0.15, -0.1) is 0 Å². The van der Waals surface area contributed by atoms with E-state index in [1.165, 1.54) is 23.2 Å². The molecule has 0 aliphatic carbocycles. The van der Waals surface area contributed by atoms with Crippen LogP contribution in [0.25, 0.3) is 0 Å². The van der Waals surface area contributed by atoms with E-state index in [0.29, 0.717) is 24.8 Å². The highest BCUT2D eigenvalue weighted by Gasteiger charge is 2.36. The van der Waals surface area contributed by atoms with E-state index < -0.39 is 66.0 Å². The molecule has 1 aromatic rings. The van der Waals surface area contributed by atoms with Gasteiger partial charge in [-0.1, -0.05) is 83.6 Å². The number of phenols is 1. The highest BCUT2D eigenvalue weighted by molar-refractivity contribution is 5.92. The zero-order chi connectivity index (χ0) is 37.0. The fourth-order valence-corrected chi connectivity index (χ4v) is 5.91. The van der Waals surface area contributed by atoms with Crippen LogP contribution in [0.2, 0.25) is 0 Å². The Morgan fingerprint density at radius 3 is 2.52 bits per heavy atom. The predicted molar refractivity (Wildman–Crippen MR) is 190 cm³/mol. The smallest absolute Gasteiger partial charge is 0.325 e. The van der Waals surface area contributed by atoms with Crippen molar-refractivity contribution in [2.24, 2.45) is 17.8 Å². The minimum Gasteiger partial charge on any atom is -0.508 e. The molecule has 8 atom stereocenters. The van der Waals surface area contributed by atoms with Crippen LogP contribution in [0.4, 0.5) is 0 Å². The molecule has 0 aromatic heterocycles. The standard InChI is InChI=1S/C38H56N4O8/c1-7-24(4)19-25(5)33-17-10-8-9-16-31(44)26(6)32(45)22-34(46)40-35(23(2)3)36(47)39-30(21-27-13-11-14-28(43)20-27)37(48)42-18-12-15-29(41-42)38(49)50-33/h8-11,13-14,16,19-20,23-24,26,29-33,35,41,43-45H,7,12,15,17-18,21-22H2,1-6H3,(H,39,47)(H,40,46)/b10-8+,16-9+,25-19+/t24?,26?,29-,30-,31+,32-,33-,35?/m0/s1. The molecule has 2 heterocycles. The number of esters is 1. The Labute approximate surface area is 296 Å². The number of rotatable bonds is 6. The number of allylic oxidation sites excluding steroid dienone is 3. The van der Waals surface area contributed by atoms with Gasteiger partial charge in [0.05, 0.1) is 18.6 Å². The maximum absolute atomic E-state index is 14.1. The van der Waals surface area contributed by atoms with Gasteiger partial charge in [-0.3, -0.25) is 24.2 Å². The number of amides is 3. The number of hydrogen-bond donors (Lipinski definition) is 6. The average Bonchev–Trinajstić information content (AvgIpc) is 3.08. The summed E-state index contributed by atoms with van der Waals surface area (Å²) in [5, 5.41) is 38.4. The summed E-state index contributed by atoms with van der Waals surface area (Å²) in [6.07, 6.45) is 7.89. The minimum absolute atomic E-state index is 0.00128. The first-order valence-corrected chi connectivity index (χ1v) is 17.7. The summed E-state index contributed by atoms with van der Waals surface area (Å²) in [5.74, 6) is -3.00. The monoisotopic (exact) mass is 696 g/mol. The van der Waals surface area contributed by atoms with Crippen molar-refractivity contribution >= 4 is 23.7 Å². The molecule has 0 spiro atoms. The van der Waals surface area contributed by atoms with E-state index in [9.17, 15) is 34.5 Å². The first-order valence-electron chi connectivity index (χ1n) is 17.7. The predicted octanol–water partition coefficient (Wildman–Crippen LogP) is 3.22. The van der Waals surface area contributed by atoms with E-state index in [4.69, 9.17) is 4.74 Å². The summed E-state index contributed by atoms with van der Waals surface area (Å²) in [7, 11) is 0. The quantitative estimate of drug-likeness (QED) is 0.193. The van der Waals surface area contributed by atoms with Crippen molar-refractivity contribution in [2.45, 2.75) is 117 Å². The third kappa shape index (κ3) is 12.1. The van der Waals surface area contributed by atoms with Crippen LogP contribution in [0, 0.1) is 17.8 Å². The van der Waals surface area contributed by atoms with Gasteiger partial charge >= 0.3 is 5.97 Å². The Balaban J connectivity index is 1.99. The van der Waals surface area contributed by atoms with Gasteiger partial charge in [-0.05, 0) is 54.9 Å². The van der Waals surface area contributed by atoms with Crippen LogP contribution in [-0.4, -0.2) is 87.0 Å². The number of nitrogens with zero attached hydrogens (tertiary/aromatic N) is 1. The van der Waals surface area contributed by atoms with E-state index in [0.717, 1.165) is 12.0 Å². The molecule has 276 valence electrons. The lowest BCUT2D eigenvalue weighted by Crippen LogP contribution is -2.62. The molecule has 12 nitrogen and oxygen atoms in total. The number of hydrogen-bond acceptors (Lipinski definition) is 9. The van der Waals surface area contributed by atoms with E-state index >= 15 is 0 Å². The zero-order valence-electron chi connectivity index (χ0n) is 30.2. The van der Waals surface area contributed by atoms with Crippen LogP contribution >= 0.6 is 0 Å². The Morgan fingerprint density at radius 2 is 1.84 bits per heavy atom. The lowest BCUT2D eigenvalue weighted by atomic mass is 9.94. The van der Waals surface area contributed by atoms with Crippen LogP contribution in [0.15, 0.2) is 60.2 Å². The molecule has 6 N–H and O–H groups in total. The van der Waals surface area contributed by atoms with Gasteiger partial charge in [0.1, 0.15) is 30.0 Å². The lowest BCUT2D eigenvalue weighted by Gasteiger charge is -2.36. The fourth-order valence-electron chi connectivity index (χ4n) is 5.91. The maximum atomic E-state index is 14.1. The number of aromatic hydroxyl groups is 1. The average molecular weight is 697 g/mol. The molecule has 50 heavy (non-hydrogen) atoms. The second-order valence-corrected chi connectivity index (χ2v) is 13.9. The number of nitrogens with one attached hydrogen (secondary N) is 3. The summed E-state index contributed by atoms with van der Waals surface area (Å²) < 4.78 is 6.04. The molecule has 0 radical (unpaired) electrons. The van der Waals surface area contributed by atoms with Crippen molar-refractivity contribution in [1.82, 2.24) is 21.1 Å². The van der Waals surface area contributed by atoms with Gasteiger partial charge in [0.2, 0.25) is 11.8 Å².